The van der Waals surface area contributed by atoms with Crippen LogP contribution in [0.4, 0.5) is 4.79 Å². The molecule has 0 saturated carbocycles. The van der Waals surface area contributed by atoms with Gasteiger partial charge < -0.3 is 10.6 Å². The summed E-state index contributed by atoms with van der Waals surface area (Å²) in [6.07, 6.45) is 1.47. The van der Waals surface area contributed by atoms with Crippen molar-refractivity contribution in [1.82, 2.24) is 16.0 Å². The Labute approximate surface area is 87.8 Å². The van der Waals surface area contributed by atoms with Crippen molar-refractivity contribution in [3.8, 4) is 0 Å². The summed E-state index contributed by atoms with van der Waals surface area (Å²) >= 11 is 0. The Kier molecular flexibility index (Phi) is 4.08. The minimum Gasteiger partial charge on any atom is -0.338 e. The molecule has 0 aromatic heterocycles. The van der Waals surface area contributed by atoms with Crippen LogP contribution in [0, 0.1) is 0 Å². The summed E-state index contributed by atoms with van der Waals surface area (Å²) in [4.78, 5) is 33.3. The highest BCUT2D eigenvalue weighted by molar-refractivity contribution is 6.01. The normalized spacial score (nSPS) is 20.7. The maximum absolute atomic E-state index is 11.2. The fourth-order valence-corrected chi connectivity index (χ4v) is 1.28. The zero-order chi connectivity index (χ0) is 11.3. The number of urea groups is 1. The Bertz CT molecular complexity index is 278. The van der Waals surface area contributed by atoms with Crippen molar-refractivity contribution < 1.29 is 14.4 Å². The molecule has 1 aliphatic rings. The van der Waals surface area contributed by atoms with Gasteiger partial charge in [0, 0.05) is 13.0 Å². The van der Waals surface area contributed by atoms with E-state index in [1.54, 1.807) is 0 Å². The number of hydrogen-bond acceptors (Lipinski definition) is 3. The van der Waals surface area contributed by atoms with E-state index in [1.807, 2.05) is 6.92 Å². The Balaban J connectivity index is 2.34. The van der Waals surface area contributed by atoms with Gasteiger partial charge >= 0.3 is 6.03 Å². The van der Waals surface area contributed by atoms with Crippen LogP contribution in [-0.2, 0) is 9.59 Å². The third kappa shape index (κ3) is 3.57. The molecule has 1 aliphatic heterocycles. The van der Waals surface area contributed by atoms with E-state index in [0.717, 1.165) is 6.42 Å². The first-order chi connectivity index (χ1) is 7.13. The number of rotatable bonds is 3. The van der Waals surface area contributed by atoms with Crippen molar-refractivity contribution in [2.24, 2.45) is 0 Å². The Morgan fingerprint density at radius 2 is 2.27 bits per heavy atom. The average Bonchev–Trinajstić information content (AvgIpc) is 2.19. The number of carbonyl (C=O) groups excluding carboxylic acids is 3. The molecule has 6 heteroatoms. The molecule has 0 unspecified atom stereocenters. The largest absolute Gasteiger partial charge is 0.338 e. The monoisotopic (exact) mass is 213 g/mol. The van der Waals surface area contributed by atoms with Gasteiger partial charge in [0.1, 0.15) is 6.04 Å². The molecular formula is C9H15N3O3. The summed E-state index contributed by atoms with van der Waals surface area (Å²) in [6.45, 7) is 2.51. The van der Waals surface area contributed by atoms with Crippen molar-refractivity contribution in [1.29, 1.82) is 0 Å². The number of imide groups is 1. The molecule has 0 aliphatic carbocycles. The van der Waals surface area contributed by atoms with Crippen LogP contribution in [0.2, 0.25) is 0 Å². The van der Waals surface area contributed by atoms with Crippen LogP contribution in [0.1, 0.15) is 26.2 Å². The molecule has 4 amide bonds. The minimum absolute atomic E-state index is 0.268. The lowest BCUT2D eigenvalue weighted by atomic mass is 10.1. The van der Waals surface area contributed by atoms with E-state index >= 15 is 0 Å². The first-order valence-electron chi connectivity index (χ1n) is 5.01. The standard InChI is InChI=1S/C9H15N3O3/c1-2-5-10-9(15)11-6-3-4-7(13)12-8(6)14/h6H,2-5H2,1H3,(H2,10,11,15)(H,12,13,14)/t6-/m0/s1. The van der Waals surface area contributed by atoms with Gasteiger partial charge in [-0.05, 0) is 12.8 Å². The summed E-state index contributed by atoms with van der Waals surface area (Å²) in [5.74, 6) is -0.718. The summed E-state index contributed by atoms with van der Waals surface area (Å²) < 4.78 is 0. The molecule has 1 fully saturated rings. The van der Waals surface area contributed by atoms with Crippen LogP contribution in [0.25, 0.3) is 0 Å². The average molecular weight is 213 g/mol. The summed E-state index contributed by atoms with van der Waals surface area (Å²) in [7, 11) is 0. The first kappa shape index (κ1) is 11.5. The lowest BCUT2D eigenvalue weighted by Gasteiger charge is -2.21. The van der Waals surface area contributed by atoms with Crippen molar-refractivity contribution >= 4 is 17.8 Å². The quantitative estimate of drug-likeness (QED) is 0.552. The first-order valence-corrected chi connectivity index (χ1v) is 5.01. The van der Waals surface area contributed by atoms with Crippen LogP contribution in [0.5, 0.6) is 0 Å². The molecule has 0 radical (unpaired) electrons. The van der Waals surface area contributed by atoms with E-state index in [-0.39, 0.29) is 18.4 Å². The van der Waals surface area contributed by atoms with Gasteiger partial charge in [-0.1, -0.05) is 6.92 Å². The van der Waals surface area contributed by atoms with Gasteiger partial charge in [0.15, 0.2) is 0 Å². The third-order valence-corrected chi connectivity index (χ3v) is 2.08. The van der Waals surface area contributed by atoms with Gasteiger partial charge in [-0.3, -0.25) is 14.9 Å². The van der Waals surface area contributed by atoms with Crippen LogP contribution in [-0.4, -0.2) is 30.4 Å². The molecule has 6 nitrogen and oxygen atoms in total. The van der Waals surface area contributed by atoms with Crippen molar-refractivity contribution in [3.63, 3.8) is 0 Å². The van der Waals surface area contributed by atoms with E-state index in [2.05, 4.69) is 16.0 Å². The van der Waals surface area contributed by atoms with Crippen molar-refractivity contribution in [3.05, 3.63) is 0 Å². The fraction of sp³-hybridized carbons (Fsp3) is 0.667. The van der Waals surface area contributed by atoms with Crippen molar-refractivity contribution in [2.75, 3.05) is 6.54 Å². The Hall–Kier alpha value is -1.59. The molecule has 1 atom stereocenters. The second-order valence-corrected chi connectivity index (χ2v) is 3.40. The lowest BCUT2D eigenvalue weighted by Crippen LogP contribution is -2.54. The van der Waals surface area contributed by atoms with E-state index in [4.69, 9.17) is 0 Å². The number of piperidine rings is 1. The molecule has 1 saturated heterocycles. The number of amides is 4. The second-order valence-electron chi connectivity index (χ2n) is 3.40. The summed E-state index contributed by atoms with van der Waals surface area (Å²) in [5, 5.41) is 7.28. The molecule has 0 aromatic rings. The summed E-state index contributed by atoms with van der Waals surface area (Å²) in [6, 6.07) is -0.967. The molecule has 0 spiro atoms. The van der Waals surface area contributed by atoms with E-state index < -0.39 is 11.9 Å². The zero-order valence-electron chi connectivity index (χ0n) is 8.63. The fourth-order valence-electron chi connectivity index (χ4n) is 1.28. The smallest absolute Gasteiger partial charge is 0.315 e. The molecule has 3 N–H and O–H groups in total. The van der Waals surface area contributed by atoms with Gasteiger partial charge in [0.05, 0.1) is 0 Å². The SMILES string of the molecule is CCCNC(=O)N[C@H]1CCC(=O)NC1=O. The predicted molar refractivity (Wildman–Crippen MR) is 53.0 cm³/mol. The topological polar surface area (TPSA) is 87.3 Å². The number of carbonyl (C=O) groups is 3. The molecule has 1 heterocycles. The molecule has 0 aromatic carbocycles. The van der Waals surface area contributed by atoms with E-state index in [1.165, 1.54) is 0 Å². The highest BCUT2D eigenvalue weighted by atomic mass is 16.2. The van der Waals surface area contributed by atoms with Gasteiger partial charge in [0.2, 0.25) is 11.8 Å². The second kappa shape index (κ2) is 5.33. The number of hydrogen-bond donors (Lipinski definition) is 3. The molecule has 0 bridgehead atoms. The van der Waals surface area contributed by atoms with Gasteiger partial charge in [0.25, 0.3) is 0 Å². The molecule has 84 valence electrons. The third-order valence-electron chi connectivity index (χ3n) is 2.08. The van der Waals surface area contributed by atoms with Gasteiger partial charge in [-0.25, -0.2) is 4.79 Å². The molecular weight excluding hydrogens is 198 g/mol. The van der Waals surface area contributed by atoms with Crippen LogP contribution in [0.15, 0.2) is 0 Å². The van der Waals surface area contributed by atoms with Crippen LogP contribution < -0.4 is 16.0 Å². The number of nitrogens with one attached hydrogen (secondary N) is 3. The molecule has 15 heavy (non-hydrogen) atoms. The van der Waals surface area contributed by atoms with E-state index in [9.17, 15) is 14.4 Å². The van der Waals surface area contributed by atoms with Crippen molar-refractivity contribution in [2.45, 2.75) is 32.2 Å². The van der Waals surface area contributed by atoms with Gasteiger partial charge in [-0.2, -0.15) is 0 Å². The van der Waals surface area contributed by atoms with Crippen LogP contribution in [0.3, 0.4) is 0 Å². The minimum atomic E-state index is -0.598. The Morgan fingerprint density at radius 3 is 2.87 bits per heavy atom. The summed E-state index contributed by atoms with van der Waals surface area (Å²) in [5.41, 5.74) is 0. The van der Waals surface area contributed by atoms with Crippen LogP contribution >= 0.6 is 0 Å². The van der Waals surface area contributed by atoms with Gasteiger partial charge in [-0.15, -0.1) is 0 Å². The van der Waals surface area contributed by atoms with E-state index in [0.29, 0.717) is 13.0 Å². The molecule has 1 rings (SSSR count). The highest BCUT2D eigenvalue weighted by Crippen LogP contribution is 2.03. The Morgan fingerprint density at radius 1 is 1.53 bits per heavy atom. The highest BCUT2D eigenvalue weighted by Gasteiger charge is 2.27. The predicted octanol–water partition coefficient (Wildman–Crippen LogP) is -0.499. The lowest BCUT2D eigenvalue weighted by molar-refractivity contribution is -0.134. The zero-order valence-corrected chi connectivity index (χ0v) is 8.63. The maximum atomic E-state index is 11.2. The maximum Gasteiger partial charge on any atom is 0.315 e.